The Morgan fingerprint density at radius 3 is 2.48 bits per heavy atom. The van der Waals surface area contributed by atoms with Crippen LogP contribution in [0.25, 0.3) is 10.9 Å². The fourth-order valence-corrected chi connectivity index (χ4v) is 2.23. The van der Waals surface area contributed by atoms with E-state index in [4.69, 9.17) is 11.6 Å². The van der Waals surface area contributed by atoms with Crippen molar-refractivity contribution in [1.82, 2.24) is 4.98 Å². The van der Waals surface area contributed by atoms with Gasteiger partial charge in [0.15, 0.2) is 0 Å². The molecular formula is C16H11ClN2O2. The van der Waals surface area contributed by atoms with Gasteiger partial charge in [0.05, 0.1) is 5.56 Å². The number of rotatable bonds is 3. The van der Waals surface area contributed by atoms with Gasteiger partial charge in [-0.1, -0.05) is 29.8 Å². The van der Waals surface area contributed by atoms with E-state index in [0.717, 1.165) is 10.9 Å². The molecule has 5 heteroatoms. The highest BCUT2D eigenvalue weighted by Crippen LogP contribution is 2.19. The van der Waals surface area contributed by atoms with Crippen LogP contribution in [0.1, 0.15) is 10.4 Å². The fourth-order valence-electron chi connectivity index (χ4n) is 2.10. The van der Waals surface area contributed by atoms with Crippen LogP contribution in [0.3, 0.4) is 0 Å². The molecule has 0 saturated heterocycles. The average Bonchev–Trinajstić information content (AvgIpc) is 2.92. The number of fused-ring (bicyclic) bond motifs is 1. The van der Waals surface area contributed by atoms with Gasteiger partial charge in [-0.25, -0.2) is 0 Å². The Hall–Kier alpha value is -2.59. The summed E-state index contributed by atoms with van der Waals surface area (Å²) in [6.45, 7) is 0. The molecule has 4 nitrogen and oxygen atoms in total. The van der Waals surface area contributed by atoms with Crippen LogP contribution >= 0.6 is 11.6 Å². The summed E-state index contributed by atoms with van der Waals surface area (Å²) in [5.41, 5.74) is 1.70. The van der Waals surface area contributed by atoms with Crippen LogP contribution in [-0.4, -0.2) is 16.7 Å². The molecule has 0 aliphatic heterocycles. The molecule has 0 fully saturated rings. The third-order valence-corrected chi connectivity index (χ3v) is 3.39. The molecule has 0 spiro atoms. The number of anilines is 1. The van der Waals surface area contributed by atoms with E-state index in [9.17, 15) is 9.59 Å². The minimum absolute atomic E-state index is 0.358. The molecule has 1 aromatic heterocycles. The van der Waals surface area contributed by atoms with E-state index in [0.29, 0.717) is 16.3 Å². The van der Waals surface area contributed by atoms with Crippen LogP contribution in [0.15, 0.2) is 54.7 Å². The maximum Gasteiger partial charge on any atom is 0.296 e. The summed E-state index contributed by atoms with van der Waals surface area (Å²) in [7, 11) is 0. The quantitative estimate of drug-likeness (QED) is 0.573. The summed E-state index contributed by atoms with van der Waals surface area (Å²) in [5, 5.41) is 3.86. The molecule has 0 unspecified atom stereocenters. The highest BCUT2D eigenvalue weighted by atomic mass is 35.5. The lowest BCUT2D eigenvalue weighted by molar-refractivity contribution is -0.112. The largest absolute Gasteiger partial charge is 0.360 e. The lowest BCUT2D eigenvalue weighted by Crippen LogP contribution is -2.22. The molecule has 104 valence electrons. The van der Waals surface area contributed by atoms with Crippen LogP contribution in [0.5, 0.6) is 0 Å². The Morgan fingerprint density at radius 2 is 1.71 bits per heavy atom. The van der Waals surface area contributed by atoms with Crippen molar-refractivity contribution in [3.63, 3.8) is 0 Å². The zero-order chi connectivity index (χ0) is 14.8. The van der Waals surface area contributed by atoms with E-state index in [1.807, 2.05) is 18.2 Å². The molecule has 0 bridgehead atoms. The van der Waals surface area contributed by atoms with E-state index in [2.05, 4.69) is 10.3 Å². The van der Waals surface area contributed by atoms with Crippen molar-refractivity contribution in [2.75, 3.05) is 5.32 Å². The normalized spacial score (nSPS) is 10.5. The first kappa shape index (κ1) is 13.4. The molecule has 0 aliphatic carbocycles. The minimum atomic E-state index is -0.679. The lowest BCUT2D eigenvalue weighted by Gasteiger charge is -2.04. The first-order valence-electron chi connectivity index (χ1n) is 6.32. The Bertz CT molecular complexity index is 822. The molecule has 1 amide bonds. The van der Waals surface area contributed by atoms with Crippen molar-refractivity contribution in [2.24, 2.45) is 0 Å². The maximum atomic E-state index is 12.2. The number of carbonyl (C=O) groups is 2. The summed E-state index contributed by atoms with van der Waals surface area (Å²) >= 11 is 5.77. The maximum absolute atomic E-state index is 12.2. The molecule has 21 heavy (non-hydrogen) atoms. The topological polar surface area (TPSA) is 62.0 Å². The highest BCUT2D eigenvalue weighted by Gasteiger charge is 2.19. The van der Waals surface area contributed by atoms with Gasteiger partial charge in [-0.05, 0) is 30.3 Å². The summed E-state index contributed by atoms with van der Waals surface area (Å²) in [4.78, 5) is 27.2. The van der Waals surface area contributed by atoms with E-state index in [1.54, 1.807) is 36.5 Å². The van der Waals surface area contributed by atoms with Gasteiger partial charge < -0.3 is 10.3 Å². The second-order valence-corrected chi connectivity index (χ2v) is 4.97. The molecule has 0 radical (unpaired) electrons. The Balaban J connectivity index is 1.84. The highest BCUT2D eigenvalue weighted by molar-refractivity contribution is 6.48. The van der Waals surface area contributed by atoms with Crippen LogP contribution in [0.4, 0.5) is 5.69 Å². The first-order chi connectivity index (χ1) is 10.1. The van der Waals surface area contributed by atoms with Gasteiger partial charge in [0, 0.05) is 27.8 Å². The van der Waals surface area contributed by atoms with Crippen LogP contribution in [-0.2, 0) is 4.79 Å². The molecule has 2 N–H and O–H groups in total. The number of benzene rings is 2. The molecule has 0 saturated carbocycles. The number of Topliss-reactive ketones (excluding diaryl/α,β-unsaturated/α-hetero) is 1. The number of para-hydroxylation sites is 1. The standard InChI is InChI=1S/C16H11ClN2O2/c17-10-5-7-11(8-6-10)19-16(21)15(20)13-9-18-14-4-2-1-3-12(13)14/h1-9,18H,(H,19,21). The summed E-state index contributed by atoms with van der Waals surface area (Å²) in [6, 6.07) is 13.9. The molecule has 3 rings (SSSR count). The van der Waals surface area contributed by atoms with Gasteiger partial charge in [0.25, 0.3) is 11.7 Å². The molecule has 2 aromatic carbocycles. The summed E-state index contributed by atoms with van der Waals surface area (Å²) < 4.78 is 0. The Labute approximate surface area is 125 Å². The van der Waals surface area contributed by atoms with Crippen molar-refractivity contribution in [2.45, 2.75) is 0 Å². The molecule has 1 heterocycles. The number of halogens is 1. The summed E-state index contributed by atoms with van der Waals surface area (Å²) in [6.07, 6.45) is 1.55. The van der Waals surface area contributed by atoms with Crippen LogP contribution < -0.4 is 5.32 Å². The smallest absolute Gasteiger partial charge is 0.296 e. The number of amides is 1. The third kappa shape index (κ3) is 2.66. The van der Waals surface area contributed by atoms with Crippen molar-refractivity contribution < 1.29 is 9.59 Å². The van der Waals surface area contributed by atoms with Crippen molar-refractivity contribution >= 4 is 39.9 Å². The molecular weight excluding hydrogens is 288 g/mol. The number of H-pyrrole nitrogens is 1. The number of aromatic amines is 1. The Kier molecular flexibility index (Phi) is 3.46. The number of hydrogen-bond acceptors (Lipinski definition) is 2. The number of hydrogen-bond donors (Lipinski definition) is 2. The van der Waals surface area contributed by atoms with E-state index in [1.165, 1.54) is 0 Å². The van der Waals surface area contributed by atoms with Gasteiger partial charge in [-0.2, -0.15) is 0 Å². The molecule has 3 aromatic rings. The van der Waals surface area contributed by atoms with E-state index < -0.39 is 11.7 Å². The average molecular weight is 299 g/mol. The summed E-state index contributed by atoms with van der Waals surface area (Å²) in [5.74, 6) is -1.26. The number of aromatic nitrogens is 1. The van der Waals surface area contributed by atoms with Crippen molar-refractivity contribution in [3.8, 4) is 0 Å². The predicted molar refractivity (Wildman–Crippen MR) is 82.7 cm³/mol. The number of carbonyl (C=O) groups excluding carboxylic acids is 2. The van der Waals surface area contributed by atoms with Gasteiger partial charge in [0.1, 0.15) is 0 Å². The first-order valence-corrected chi connectivity index (χ1v) is 6.70. The number of nitrogens with one attached hydrogen (secondary N) is 2. The second kappa shape index (κ2) is 5.42. The van der Waals surface area contributed by atoms with Gasteiger partial charge in [-0.15, -0.1) is 0 Å². The SMILES string of the molecule is O=C(Nc1ccc(Cl)cc1)C(=O)c1c[nH]c2ccccc12. The van der Waals surface area contributed by atoms with Gasteiger partial charge in [-0.3, -0.25) is 9.59 Å². The zero-order valence-electron chi connectivity index (χ0n) is 10.9. The minimum Gasteiger partial charge on any atom is -0.360 e. The van der Waals surface area contributed by atoms with Crippen LogP contribution in [0, 0.1) is 0 Å². The Morgan fingerprint density at radius 1 is 1.00 bits per heavy atom. The van der Waals surface area contributed by atoms with E-state index in [-0.39, 0.29) is 0 Å². The second-order valence-electron chi connectivity index (χ2n) is 4.54. The van der Waals surface area contributed by atoms with E-state index >= 15 is 0 Å². The van der Waals surface area contributed by atoms with Crippen molar-refractivity contribution in [3.05, 3.63) is 65.3 Å². The predicted octanol–water partition coefficient (Wildman–Crippen LogP) is 3.64. The van der Waals surface area contributed by atoms with Gasteiger partial charge in [0.2, 0.25) is 0 Å². The van der Waals surface area contributed by atoms with Gasteiger partial charge >= 0.3 is 0 Å². The zero-order valence-corrected chi connectivity index (χ0v) is 11.6. The lowest BCUT2D eigenvalue weighted by atomic mass is 10.1. The number of ketones is 1. The monoisotopic (exact) mass is 298 g/mol. The van der Waals surface area contributed by atoms with Crippen LogP contribution in [0.2, 0.25) is 5.02 Å². The third-order valence-electron chi connectivity index (χ3n) is 3.14. The fraction of sp³-hybridized carbons (Fsp3) is 0. The molecule has 0 aliphatic rings. The molecule has 0 atom stereocenters. The van der Waals surface area contributed by atoms with Crippen molar-refractivity contribution in [1.29, 1.82) is 0 Å².